The van der Waals surface area contributed by atoms with E-state index in [0.717, 1.165) is 11.6 Å². The van der Waals surface area contributed by atoms with E-state index in [2.05, 4.69) is 20.4 Å². The van der Waals surface area contributed by atoms with E-state index >= 15 is 0 Å². The molecule has 0 saturated carbocycles. The maximum Gasteiger partial charge on any atom is 0.311 e. The van der Waals surface area contributed by atoms with Gasteiger partial charge in [-0.1, -0.05) is 0 Å². The van der Waals surface area contributed by atoms with E-state index in [1.54, 1.807) is 0 Å². The van der Waals surface area contributed by atoms with Crippen LogP contribution in [0.3, 0.4) is 0 Å². The number of aromatic nitrogens is 1. The van der Waals surface area contributed by atoms with Crippen molar-refractivity contribution in [1.82, 2.24) is 10.3 Å². The van der Waals surface area contributed by atoms with Crippen molar-refractivity contribution < 1.29 is 14.3 Å². The third-order valence-electron chi connectivity index (χ3n) is 2.70. The zero-order chi connectivity index (χ0) is 13.0. The lowest BCUT2D eigenvalue weighted by Gasteiger charge is -2.22. The van der Waals surface area contributed by atoms with Crippen LogP contribution in [0.1, 0.15) is 18.5 Å². The Bertz CT molecular complexity index is 436. The molecule has 7 heteroatoms. The minimum absolute atomic E-state index is 0.0959. The largest absolute Gasteiger partial charge is 0.469 e. The number of hydrogen-bond acceptors (Lipinski definition) is 6. The molecule has 98 valence electrons. The summed E-state index contributed by atoms with van der Waals surface area (Å²) in [6.45, 7) is 0.616. The van der Waals surface area contributed by atoms with Gasteiger partial charge in [-0.05, 0) is 6.42 Å². The molecule has 2 rings (SSSR count). The van der Waals surface area contributed by atoms with Gasteiger partial charge in [-0.2, -0.15) is 0 Å². The number of methoxy groups -OCH3 is 1. The summed E-state index contributed by atoms with van der Waals surface area (Å²) < 4.78 is 4.58. The average Bonchev–Trinajstić information content (AvgIpc) is 2.79. The predicted octanol–water partition coefficient (Wildman–Crippen LogP) is 0.549. The highest BCUT2D eigenvalue weighted by Crippen LogP contribution is 2.18. The molecule has 0 bridgehead atoms. The Labute approximate surface area is 109 Å². The van der Waals surface area contributed by atoms with Gasteiger partial charge in [0.2, 0.25) is 5.91 Å². The smallest absolute Gasteiger partial charge is 0.311 e. The van der Waals surface area contributed by atoms with Crippen LogP contribution in [0.5, 0.6) is 0 Å². The first-order valence-corrected chi connectivity index (χ1v) is 6.60. The first-order valence-electron chi connectivity index (χ1n) is 5.72. The monoisotopic (exact) mass is 269 g/mol. The molecule has 1 atom stereocenters. The minimum Gasteiger partial charge on any atom is -0.469 e. The number of piperidine rings is 1. The van der Waals surface area contributed by atoms with Gasteiger partial charge in [-0.25, -0.2) is 4.98 Å². The Kier molecular flexibility index (Phi) is 4.14. The molecule has 2 heterocycles. The van der Waals surface area contributed by atoms with Crippen LogP contribution >= 0.6 is 11.3 Å². The van der Waals surface area contributed by atoms with E-state index in [0.29, 0.717) is 18.7 Å². The highest BCUT2D eigenvalue weighted by atomic mass is 32.1. The Hall–Kier alpha value is -1.63. The summed E-state index contributed by atoms with van der Waals surface area (Å²) in [5.74, 6) is -0.199. The SMILES string of the molecule is COC(=O)Cc1csc(NC2CCC(=O)NC2)n1. The quantitative estimate of drug-likeness (QED) is 0.780. The van der Waals surface area contributed by atoms with Crippen LogP contribution in [0.15, 0.2) is 5.38 Å². The zero-order valence-corrected chi connectivity index (χ0v) is 10.9. The van der Waals surface area contributed by atoms with Gasteiger partial charge >= 0.3 is 5.97 Å². The van der Waals surface area contributed by atoms with Crippen molar-refractivity contribution in [2.75, 3.05) is 19.0 Å². The number of ether oxygens (including phenoxy) is 1. The molecule has 0 radical (unpaired) electrons. The third kappa shape index (κ3) is 3.43. The number of rotatable bonds is 4. The van der Waals surface area contributed by atoms with E-state index in [9.17, 15) is 9.59 Å². The Morgan fingerprint density at radius 2 is 2.56 bits per heavy atom. The van der Waals surface area contributed by atoms with Crippen LogP contribution < -0.4 is 10.6 Å². The average molecular weight is 269 g/mol. The molecular weight excluding hydrogens is 254 g/mol. The molecule has 1 aromatic rings. The minimum atomic E-state index is -0.295. The molecule has 1 saturated heterocycles. The lowest BCUT2D eigenvalue weighted by atomic mass is 10.1. The number of anilines is 1. The number of carbonyl (C=O) groups is 2. The van der Waals surface area contributed by atoms with E-state index in [1.165, 1.54) is 18.4 Å². The van der Waals surface area contributed by atoms with Crippen LogP contribution in [-0.4, -0.2) is 36.6 Å². The van der Waals surface area contributed by atoms with Gasteiger partial charge in [-0.15, -0.1) is 11.3 Å². The number of amides is 1. The van der Waals surface area contributed by atoms with Crippen molar-refractivity contribution in [3.63, 3.8) is 0 Å². The topological polar surface area (TPSA) is 80.3 Å². The Morgan fingerprint density at radius 1 is 1.72 bits per heavy atom. The second-order valence-electron chi connectivity index (χ2n) is 4.08. The molecule has 1 fully saturated rings. The van der Waals surface area contributed by atoms with Crippen molar-refractivity contribution in [2.24, 2.45) is 0 Å². The Morgan fingerprint density at radius 3 is 3.22 bits per heavy atom. The summed E-state index contributed by atoms with van der Waals surface area (Å²) in [4.78, 5) is 26.4. The van der Waals surface area contributed by atoms with Crippen LogP contribution in [0, 0.1) is 0 Å². The van der Waals surface area contributed by atoms with Crippen molar-refractivity contribution in [2.45, 2.75) is 25.3 Å². The highest BCUT2D eigenvalue weighted by molar-refractivity contribution is 7.13. The normalized spacial score (nSPS) is 19.2. The molecule has 0 spiro atoms. The second-order valence-corrected chi connectivity index (χ2v) is 4.94. The first kappa shape index (κ1) is 12.8. The van der Waals surface area contributed by atoms with Gasteiger partial charge in [0.05, 0.1) is 19.2 Å². The molecule has 2 N–H and O–H groups in total. The van der Waals surface area contributed by atoms with Crippen LogP contribution in [0.25, 0.3) is 0 Å². The lowest BCUT2D eigenvalue weighted by Crippen LogP contribution is -2.41. The Balaban J connectivity index is 1.86. The van der Waals surface area contributed by atoms with E-state index < -0.39 is 0 Å². The standard InChI is InChI=1S/C11H15N3O3S/c1-17-10(16)4-8-6-18-11(14-8)13-7-2-3-9(15)12-5-7/h6-7H,2-5H2,1H3,(H,12,15)(H,13,14). The van der Waals surface area contributed by atoms with Crippen LogP contribution in [-0.2, 0) is 20.7 Å². The number of nitrogens with zero attached hydrogens (tertiary/aromatic N) is 1. The third-order valence-corrected chi connectivity index (χ3v) is 3.52. The zero-order valence-electron chi connectivity index (χ0n) is 10.1. The fraction of sp³-hybridized carbons (Fsp3) is 0.545. The van der Waals surface area contributed by atoms with Gasteiger partial charge in [0.15, 0.2) is 5.13 Å². The predicted molar refractivity (Wildman–Crippen MR) is 67.5 cm³/mol. The van der Waals surface area contributed by atoms with E-state index in [1.807, 2.05) is 5.38 Å². The van der Waals surface area contributed by atoms with Gasteiger partial charge < -0.3 is 15.4 Å². The van der Waals surface area contributed by atoms with Crippen molar-refractivity contribution in [1.29, 1.82) is 0 Å². The molecule has 1 amide bonds. The molecule has 1 aliphatic heterocycles. The number of esters is 1. The van der Waals surface area contributed by atoms with Crippen molar-refractivity contribution >= 4 is 28.3 Å². The summed E-state index contributed by atoms with van der Waals surface area (Å²) in [5, 5.41) is 8.66. The van der Waals surface area contributed by atoms with Gasteiger partial charge in [0.1, 0.15) is 0 Å². The number of hydrogen-bond donors (Lipinski definition) is 2. The maximum absolute atomic E-state index is 11.1. The van der Waals surface area contributed by atoms with Crippen molar-refractivity contribution in [3.05, 3.63) is 11.1 Å². The number of carbonyl (C=O) groups excluding carboxylic acids is 2. The second kappa shape index (κ2) is 5.81. The summed E-state index contributed by atoms with van der Waals surface area (Å²) >= 11 is 1.45. The van der Waals surface area contributed by atoms with Crippen molar-refractivity contribution in [3.8, 4) is 0 Å². The van der Waals surface area contributed by atoms with E-state index in [-0.39, 0.29) is 24.3 Å². The molecule has 0 aliphatic carbocycles. The molecule has 1 aromatic heterocycles. The molecule has 18 heavy (non-hydrogen) atoms. The molecule has 1 aliphatic rings. The number of nitrogens with one attached hydrogen (secondary N) is 2. The van der Waals surface area contributed by atoms with E-state index in [4.69, 9.17) is 0 Å². The van der Waals surface area contributed by atoms with Crippen LogP contribution in [0.2, 0.25) is 0 Å². The molecule has 1 unspecified atom stereocenters. The van der Waals surface area contributed by atoms with Gasteiger partial charge in [0, 0.05) is 24.4 Å². The maximum atomic E-state index is 11.1. The summed E-state index contributed by atoms with van der Waals surface area (Å²) in [6.07, 6.45) is 1.53. The summed E-state index contributed by atoms with van der Waals surface area (Å²) in [6, 6.07) is 0.208. The lowest BCUT2D eigenvalue weighted by molar-refractivity contribution is -0.139. The van der Waals surface area contributed by atoms with Gasteiger partial charge in [0.25, 0.3) is 0 Å². The first-order chi connectivity index (χ1) is 8.67. The van der Waals surface area contributed by atoms with Gasteiger partial charge in [-0.3, -0.25) is 9.59 Å². The highest BCUT2D eigenvalue weighted by Gasteiger charge is 2.18. The molecule has 6 nitrogen and oxygen atoms in total. The summed E-state index contributed by atoms with van der Waals surface area (Å²) in [5.41, 5.74) is 0.703. The number of thiazole rings is 1. The fourth-order valence-electron chi connectivity index (χ4n) is 1.71. The fourth-order valence-corrected chi connectivity index (χ4v) is 2.49. The summed E-state index contributed by atoms with van der Waals surface area (Å²) in [7, 11) is 1.36. The molecule has 0 aromatic carbocycles. The van der Waals surface area contributed by atoms with Crippen LogP contribution in [0.4, 0.5) is 5.13 Å². The molecular formula is C11H15N3O3S.